The lowest BCUT2D eigenvalue weighted by Gasteiger charge is -2.53. The van der Waals surface area contributed by atoms with E-state index in [1.165, 1.54) is 24.8 Å². The Morgan fingerprint density at radius 2 is 1.25 bits per heavy atom. The number of allylic oxidation sites excluding steroid dienone is 2. The van der Waals surface area contributed by atoms with Gasteiger partial charge in [-0.2, -0.15) is 8.42 Å². The number of benzene rings is 2. The van der Waals surface area contributed by atoms with E-state index < -0.39 is 50.9 Å². The zero-order chi connectivity index (χ0) is 49.0. The van der Waals surface area contributed by atoms with Crippen LogP contribution in [0.4, 0.5) is 0 Å². The molecule has 6 fully saturated rings. The normalized spacial score (nSPS) is 37.2. The summed E-state index contributed by atoms with van der Waals surface area (Å²) >= 11 is 0. The summed E-state index contributed by atoms with van der Waals surface area (Å²) in [7, 11) is -4.10. The minimum atomic E-state index is -4.10. The van der Waals surface area contributed by atoms with Gasteiger partial charge in [-0.05, 0) is 123 Å². The van der Waals surface area contributed by atoms with Crippen LogP contribution in [0.1, 0.15) is 119 Å². The molecular formula is C53H69N5O9S. The largest absolute Gasteiger partial charge is 0.456 e. The van der Waals surface area contributed by atoms with E-state index in [0.717, 1.165) is 51.9 Å². The van der Waals surface area contributed by atoms with Gasteiger partial charge in [0.15, 0.2) is 0 Å². The molecule has 9 rings (SSSR count). The Morgan fingerprint density at radius 1 is 0.779 bits per heavy atom. The molecule has 0 N–H and O–H groups in total. The van der Waals surface area contributed by atoms with E-state index in [1.54, 1.807) is 6.08 Å². The molecule has 5 heterocycles. The minimum absolute atomic E-state index is 0.00291. The topological polar surface area (TPSA) is 181 Å². The molecule has 3 aromatic rings. The maximum absolute atomic E-state index is 13.3. The first-order chi connectivity index (χ1) is 32.2. The second-order valence-electron chi connectivity index (χ2n) is 21.4. The van der Waals surface area contributed by atoms with Gasteiger partial charge in [0.25, 0.3) is 0 Å². The number of fused-ring (bicyclic) bond motifs is 8. The summed E-state index contributed by atoms with van der Waals surface area (Å²) in [4.78, 5) is 33.4. The average Bonchev–Trinajstić information content (AvgIpc) is 4.14. The van der Waals surface area contributed by atoms with Crippen LogP contribution in [-0.2, 0) is 43.0 Å². The molecule has 14 nitrogen and oxygen atoms in total. The summed E-state index contributed by atoms with van der Waals surface area (Å²) in [6, 6.07) is 19.3. The fourth-order valence-corrected chi connectivity index (χ4v) is 14.4. The molecule has 2 aromatic carbocycles. The lowest BCUT2D eigenvalue weighted by Crippen LogP contribution is -2.62. The van der Waals surface area contributed by atoms with Gasteiger partial charge in [0.05, 0.1) is 17.2 Å². The molecule has 2 aliphatic carbocycles. The van der Waals surface area contributed by atoms with Crippen LogP contribution < -0.4 is 0 Å². The number of carbonyl (C=O) groups excluding carboxylic acids is 2. The highest BCUT2D eigenvalue weighted by Gasteiger charge is 2.73. The molecular weight excluding hydrogens is 883 g/mol. The first-order valence-electron chi connectivity index (χ1n) is 24.5. The fourth-order valence-electron chi connectivity index (χ4n) is 13.4. The molecule has 4 bridgehead atoms. The number of esters is 2. The minimum Gasteiger partial charge on any atom is -0.456 e. The predicted molar refractivity (Wildman–Crippen MR) is 258 cm³/mol. The number of aromatic nitrogens is 2. The van der Waals surface area contributed by atoms with E-state index in [-0.39, 0.29) is 53.6 Å². The molecule has 4 aliphatic heterocycles. The number of hydrogen-bond acceptors (Lipinski definition) is 11. The second kappa shape index (κ2) is 18.8. The lowest BCUT2D eigenvalue weighted by atomic mass is 9.69. The molecule has 0 amide bonds. The Hall–Kier alpha value is -4.79. The van der Waals surface area contributed by atoms with Crippen molar-refractivity contribution < 1.29 is 41.1 Å². The van der Waals surface area contributed by atoms with Crippen molar-refractivity contribution in [3.05, 3.63) is 113 Å². The average molecular weight is 952 g/mol. The van der Waals surface area contributed by atoms with Crippen molar-refractivity contribution in [2.24, 2.45) is 52.5 Å². The quantitative estimate of drug-likeness (QED) is 0.0557. The smallest absolute Gasteiger partial charge is 0.367 e. The maximum Gasteiger partial charge on any atom is 0.367 e. The molecule has 4 saturated heterocycles. The zero-order valence-corrected chi connectivity index (χ0v) is 42.0. The number of nitrogens with zero attached hydrogens (tertiary/aromatic N) is 5. The van der Waals surface area contributed by atoms with Crippen LogP contribution in [0.3, 0.4) is 0 Å². The van der Waals surface area contributed by atoms with Gasteiger partial charge in [-0.3, -0.25) is 0 Å². The highest BCUT2D eigenvalue weighted by Crippen LogP contribution is 2.65. The molecule has 1 aromatic heterocycles. The van der Waals surface area contributed by atoms with E-state index in [9.17, 15) is 23.5 Å². The zero-order valence-electron chi connectivity index (χ0n) is 41.1. The first-order valence-corrected chi connectivity index (χ1v) is 25.8. The van der Waals surface area contributed by atoms with Gasteiger partial charge in [-0.15, -0.1) is 0 Å². The van der Waals surface area contributed by atoms with E-state index in [2.05, 4.69) is 49.6 Å². The molecule has 6 aliphatic rings. The molecule has 15 heteroatoms. The van der Waals surface area contributed by atoms with Crippen molar-refractivity contribution in [3.63, 3.8) is 0 Å². The summed E-state index contributed by atoms with van der Waals surface area (Å²) in [6.07, 6.45) is 10.3. The van der Waals surface area contributed by atoms with Crippen LogP contribution in [0.15, 0.2) is 96.7 Å². The van der Waals surface area contributed by atoms with Gasteiger partial charge in [-0.25, -0.2) is 22.7 Å². The van der Waals surface area contributed by atoms with Crippen LogP contribution in [0, 0.1) is 47.3 Å². The molecule has 68 heavy (non-hydrogen) atoms. The SMILES string of the molecule is C/C(=C\C(=O)OC1C2C(C)CCC2C2(C)OC1(C(C)C)CC2N=[N+]=[N-])c1ccccc1.C/C(=C\C(=O)OC1C2C(C)CCC2C2(C)OC1(C(C)C)CC2OS(=O)(=O)n1ccnc1)c1ccccc1. The van der Waals surface area contributed by atoms with Gasteiger partial charge in [0.1, 0.15) is 35.8 Å². The number of azide groups is 1. The van der Waals surface area contributed by atoms with Crippen molar-refractivity contribution in [2.45, 2.75) is 155 Å². The summed E-state index contributed by atoms with van der Waals surface area (Å²) in [5.41, 5.74) is 10.0. The first kappa shape index (κ1) is 49.6. The Kier molecular flexibility index (Phi) is 13.8. The Morgan fingerprint density at radius 3 is 1.71 bits per heavy atom. The number of rotatable bonds is 12. The molecule has 0 radical (unpaired) electrons. The van der Waals surface area contributed by atoms with Crippen molar-refractivity contribution in [1.29, 1.82) is 0 Å². The maximum atomic E-state index is 13.3. The van der Waals surface area contributed by atoms with E-state index >= 15 is 0 Å². The molecule has 366 valence electrons. The number of ether oxygens (including phenoxy) is 4. The van der Waals surface area contributed by atoms with E-state index in [0.29, 0.717) is 24.7 Å². The Balaban J connectivity index is 0.000000187. The van der Waals surface area contributed by atoms with Gasteiger partial charge in [0, 0.05) is 47.7 Å². The summed E-state index contributed by atoms with van der Waals surface area (Å²) < 4.78 is 59.2. The third-order valence-electron chi connectivity index (χ3n) is 17.1. The van der Waals surface area contributed by atoms with Crippen molar-refractivity contribution >= 4 is 33.4 Å². The van der Waals surface area contributed by atoms with Gasteiger partial charge >= 0.3 is 22.2 Å². The molecule has 14 atom stereocenters. The number of hydrogen-bond donors (Lipinski definition) is 0. The molecule has 2 saturated carbocycles. The van der Waals surface area contributed by atoms with Crippen LogP contribution in [-0.4, -0.2) is 76.1 Å². The van der Waals surface area contributed by atoms with E-state index in [4.69, 9.17) is 23.1 Å². The monoisotopic (exact) mass is 951 g/mol. The summed E-state index contributed by atoms with van der Waals surface area (Å²) in [6.45, 7) is 20.6. The van der Waals surface area contributed by atoms with Crippen LogP contribution >= 0.6 is 0 Å². The molecule has 14 unspecified atom stereocenters. The molecule has 0 spiro atoms. The standard InChI is InChI=1S/C28H36N2O6S.C25H33N3O3/c1-18(2)28-16-23(35-37(32,33)30-14-13-29-17-30)27(5,36-28)22-12-11-19(3)25(22)26(28)34-24(31)15-20(4)21-9-7-6-8-10-21;1-15(2)25-14-20(27-28-26)24(5,31-25)19-12-11-16(3)22(19)23(25)30-21(29)13-17(4)18-9-7-6-8-10-18/h6-10,13-15,17-19,22-23,25-26H,11-12,16H2,1-5H3;6-10,13,15-16,19-20,22-23H,11-12,14H2,1-5H3/b20-15+;17-13+. The number of carbonyl (C=O) groups is 2. The highest BCUT2D eigenvalue weighted by atomic mass is 32.2. The van der Waals surface area contributed by atoms with Gasteiger partial charge in [-0.1, -0.05) is 107 Å². The lowest BCUT2D eigenvalue weighted by molar-refractivity contribution is -0.262. The predicted octanol–water partition coefficient (Wildman–Crippen LogP) is 10.6. The third-order valence-corrected chi connectivity index (χ3v) is 18.3. The highest BCUT2D eigenvalue weighted by molar-refractivity contribution is 7.85. The summed E-state index contributed by atoms with van der Waals surface area (Å²) in [5.74, 6) is 0.519. The van der Waals surface area contributed by atoms with Crippen molar-refractivity contribution in [2.75, 3.05) is 0 Å². The third kappa shape index (κ3) is 8.65. The van der Waals surface area contributed by atoms with Crippen LogP contribution in [0.25, 0.3) is 21.6 Å². The Bertz CT molecular complexity index is 2550. The fraction of sp³-hybridized carbons (Fsp3) is 0.604. The Labute approximate surface area is 402 Å². The summed E-state index contributed by atoms with van der Waals surface area (Å²) in [5, 5.41) is 4.16. The second-order valence-corrected chi connectivity index (χ2v) is 22.9. The number of imidazole rings is 1. The van der Waals surface area contributed by atoms with Gasteiger partial charge in [0.2, 0.25) is 0 Å². The van der Waals surface area contributed by atoms with Crippen LogP contribution in [0.2, 0.25) is 0 Å². The van der Waals surface area contributed by atoms with E-state index in [1.807, 2.05) is 95.3 Å². The van der Waals surface area contributed by atoms with Crippen molar-refractivity contribution in [1.82, 2.24) is 8.96 Å². The van der Waals surface area contributed by atoms with Crippen LogP contribution in [0.5, 0.6) is 0 Å². The van der Waals surface area contributed by atoms with Gasteiger partial charge < -0.3 is 18.9 Å². The van der Waals surface area contributed by atoms with Crippen molar-refractivity contribution in [3.8, 4) is 0 Å².